The van der Waals surface area contributed by atoms with Crippen molar-refractivity contribution in [1.29, 1.82) is 0 Å². The van der Waals surface area contributed by atoms with Crippen molar-refractivity contribution in [3.05, 3.63) is 128 Å². The molecule has 2 atom stereocenters. The van der Waals surface area contributed by atoms with E-state index in [4.69, 9.17) is 14.6 Å². The van der Waals surface area contributed by atoms with Crippen LogP contribution in [-0.4, -0.2) is 62.9 Å². The standard InChI is InChI=1S/C21H23NO2.C17H18BrNO/c1-22-14-18-13-16(5-3-4-12-23)6-11-20(18)21(15-22)17-7-9-19(24-2)10-8-17;1-19-10-13-9-14(18)5-8-16(13)17(11-19)12-3-6-15(20-2)7-4-12/h6-11,13,21,23H,4,12,14-15H2,1-2H3;3-9,17H,10-11H2,1-2H3. The van der Waals surface area contributed by atoms with Crippen LogP contribution in [0.15, 0.2) is 89.4 Å². The van der Waals surface area contributed by atoms with Gasteiger partial charge in [-0.3, -0.25) is 0 Å². The summed E-state index contributed by atoms with van der Waals surface area (Å²) < 4.78 is 11.7. The molecule has 2 aliphatic rings. The van der Waals surface area contributed by atoms with Gasteiger partial charge in [0.05, 0.1) is 20.8 Å². The van der Waals surface area contributed by atoms with E-state index < -0.39 is 0 Å². The molecular weight excluding hydrogens is 612 g/mol. The molecule has 2 unspecified atom stereocenters. The lowest BCUT2D eigenvalue weighted by atomic mass is 9.84. The second-order valence-electron chi connectivity index (χ2n) is 11.6. The Kier molecular flexibility index (Phi) is 10.8. The molecule has 5 nitrogen and oxygen atoms in total. The average molecular weight is 654 g/mol. The highest BCUT2D eigenvalue weighted by molar-refractivity contribution is 9.10. The maximum absolute atomic E-state index is 8.85. The molecule has 0 amide bonds. The quantitative estimate of drug-likeness (QED) is 0.234. The van der Waals surface area contributed by atoms with Crippen molar-refractivity contribution in [2.45, 2.75) is 31.3 Å². The molecule has 1 N–H and O–H groups in total. The fourth-order valence-electron chi connectivity index (χ4n) is 6.21. The Morgan fingerprint density at radius 2 is 1.23 bits per heavy atom. The summed E-state index contributed by atoms with van der Waals surface area (Å²) in [5.74, 6) is 8.73. The first-order chi connectivity index (χ1) is 21.4. The van der Waals surface area contributed by atoms with Crippen LogP contribution in [0, 0.1) is 11.8 Å². The van der Waals surface area contributed by atoms with E-state index in [0.29, 0.717) is 18.3 Å². The molecule has 2 aliphatic heterocycles. The van der Waals surface area contributed by atoms with E-state index in [2.05, 4.69) is 112 Å². The van der Waals surface area contributed by atoms with Crippen molar-refractivity contribution in [2.75, 3.05) is 48.0 Å². The summed E-state index contributed by atoms with van der Waals surface area (Å²) in [5, 5.41) is 8.85. The van der Waals surface area contributed by atoms with E-state index in [0.717, 1.165) is 47.7 Å². The fourth-order valence-corrected chi connectivity index (χ4v) is 6.61. The van der Waals surface area contributed by atoms with Crippen molar-refractivity contribution in [3.63, 3.8) is 0 Å². The number of aliphatic hydroxyl groups is 1. The van der Waals surface area contributed by atoms with Crippen molar-refractivity contribution < 1.29 is 14.6 Å². The Morgan fingerprint density at radius 1 is 0.727 bits per heavy atom. The molecule has 4 aromatic carbocycles. The fraction of sp³-hybridized carbons (Fsp3) is 0.316. The Morgan fingerprint density at radius 3 is 1.73 bits per heavy atom. The van der Waals surface area contributed by atoms with E-state index in [1.54, 1.807) is 14.2 Å². The van der Waals surface area contributed by atoms with Gasteiger partial charge in [-0.15, -0.1) is 0 Å². The van der Waals surface area contributed by atoms with Gasteiger partial charge in [-0.2, -0.15) is 0 Å². The molecule has 0 bridgehead atoms. The number of likely N-dealkylation sites (N-methyl/N-ethyl adjacent to an activating group) is 2. The van der Waals surface area contributed by atoms with Crippen molar-refractivity contribution in [2.24, 2.45) is 0 Å². The summed E-state index contributed by atoms with van der Waals surface area (Å²) >= 11 is 3.57. The highest BCUT2D eigenvalue weighted by Gasteiger charge is 2.26. The van der Waals surface area contributed by atoms with Gasteiger partial charge in [0.25, 0.3) is 0 Å². The minimum atomic E-state index is 0.111. The number of benzene rings is 4. The van der Waals surface area contributed by atoms with E-state index in [1.165, 1.54) is 33.4 Å². The van der Waals surface area contributed by atoms with Crippen molar-refractivity contribution in [3.8, 4) is 23.3 Å². The van der Waals surface area contributed by atoms with Crippen molar-refractivity contribution >= 4 is 15.9 Å². The predicted octanol–water partition coefficient (Wildman–Crippen LogP) is 7.04. The normalized spacial score (nSPS) is 17.7. The second-order valence-corrected chi connectivity index (χ2v) is 12.5. The number of aliphatic hydroxyl groups excluding tert-OH is 1. The van der Waals surface area contributed by atoms with Crippen LogP contribution in [0.2, 0.25) is 0 Å². The van der Waals surface area contributed by atoms with Crippen LogP contribution in [0.25, 0.3) is 0 Å². The summed E-state index contributed by atoms with van der Waals surface area (Å²) in [7, 11) is 7.73. The van der Waals surface area contributed by atoms with Gasteiger partial charge in [-0.25, -0.2) is 0 Å². The number of hydrogen-bond donors (Lipinski definition) is 1. The highest BCUT2D eigenvalue weighted by Crippen LogP contribution is 2.36. The third-order valence-corrected chi connectivity index (χ3v) is 8.87. The van der Waals surface area contributed by atoms with Crippen LogP contribution < -0.4 is 9.47 Å². The lowest BCUT2D eigenvalue weighted by Gasteiger charge is -2.32. The molecule has 0 spiro atoms. The molecule has 0 fully saturated rings. The Hall–Kier alpha value is -3.60. The lowest BCUT2D eigenvalue weighted by Crippen LogP contribution is -2.31. The van der Waals surface area contributed by atoms with Gasteiger partial charge in [0.15, 0.2) is 0 Å². The zero-order chi connectivity index (χ0) is 31.1. The van der Waals surface area contributed by atoms with Crippen molar-refractivity contribution in [1.82, 2.24) is 9.80 Å². The molecule has 6 rings (SSSR count). The van der Waals surface area contributed by atoms with Gasteiger partial charge < -0.3 is 24.4 Å². The molecule has 0 saturated heterocycles. The molecule has 0 radical (unpaired) electrons. The maximum Gasteiger partial charge on any atom is 0.118 e. The van der Waals surface area contributed by atoms with Gasteiger partial charge in [-0.1, -0.05) is 64.2 Å². The topological polar surface area (TPSA) is 45.2 Å². The minimum absolute atomic E-state index is 0.111. The largest absolute Gasteiger partial charge is 0.497 e. The first-order valence-corrected chi connectivity index (χ1v) is 15.8. The number of fused-ring (bicyclic) bond motifs is 2. The van der Waals surface area contributed by atoms with Crippen LogP contribution in [0.5, 0.6) is 11.5 Å². The Bertz CT molecular complexity index is 1610. The molecule has 4 aromatic rings. The van der Waals surface area contributed by atoms with Gasteiger partial charge in [0.1, 0.15) is 11.5 Å². The second kappa shape index (κ2) is 14.9. The van der Waals surface area contributed by atoms with Gasteiger partial charge >= 0.3 is 0 Å². The van der Waals surface area contributed by atoms with Crippen LogP contribution in [-0.2, 0) is 13.1 Å². The molecule has 2 heterocycles. The maximum atomic E-state index is 8.85. The third kappa shape index (κ3) is 7.72. The SMILES string of the molecule is COc1ccc(C2CN(C)Cc3cc(Br)ccc32)cc1.COc1ccc(C2CN(C)Cc3cc(C#CCCO)ccc32)cc1. The molecule has 44 heavy (non-hydrogen) atoms. The summed E-state index contributed by atoms with van der Waals surface area (Å²) in [6, 6.07) is 29.9. The van der Waals surface area contributed by atoms with Gasteiger partial charge in [0.2, 0.25) is 0 Å². The van der Waals surface area contributed by atoms with E-state index in [-0.39, 0.29) is 6.61 Å². The molecular formula is C38H41BrN2O3. The van der Waals surface area contributed by atoms with E-state index in [1.807, 2.05) is 24.3 Å². The van der Waals surface area contributed by atoms with E-state index in [9.17, 15) is 0 Å². The zero-order valence-electron chi connectivity index (χ0n) is 26.0. The number of rotatable bonds is 5. The number of hydrogen-bond acceptors (Lipinski definition) is 5. The number of halogens is 1. The van der Waals surface area contributed by atoms with Gasteiger partial charge in [0, 0.05) is 54.5 Å². The first kappa shape index (κ1) is 31.8. The summed E-state index contributed by atoms with van der Waals surface area (Å²) in [6.45, 7) is 4.13. The Labute approximate surface area is 270 Å². The molecule has 0 aliphatic carbocycles. The zero-order valence-corrected chi connectivity index (χ0v) is 27.6. The molecule has 6 heteroatoms. The number of ether oxygens (including phenoxy) is 2. The smallest absolute Gasteiger partial charge is 0.118 e. The van der Waals surface area contributed by atoms with Crippen LogP contribution in [0.3, 0.4) is 0 Å². The minimum Gasteiger partial charge on any atom is -0.497 e. The first-order valence-electron chi connectivity index (χ1n) is 15.0. The monoisotopic (exact) mass is 652 g/mol. The number of methoxy groups -OCH3 is 2. The third-order valence-electron chi connectivity index (χ3n) is 8.37. The van der Waals surface area contributed by atoms with Crippen LogP contribution >= 0.6 is 15.9 Å². The number of nitrogens with zero attached hydrogens (tertiary/aromatic N) is 2. The van der Waals surface area contributed by atoms with E-state index >= 15 is 0 Å². The predicted molar refractivity (Wildman–Crippen MR) is 182 cm³/mol. The lowest BCUT2D eigenvalue weighted by molar-refractivity contribution is 0.295. The highest BCUT2D eigenvalue weighted by atomic mass is 79.9. The molecule has 0 aromatic heterocycles. The summed E-state index contributed by atoms with van der Waals surface area (Å²) in [5.41, 5.74) is 9.24. The van der Waals surface area contributed by atoms with Gasteiger partial charge in [-0.05, 0) is 96.0 Å². The summed E-state index contributed by atoms with van der Waals surface area (Å²) in [6.07, 6.45) is 0.519. The van der Waals surface area contributed by atoms with Crippen LogP contribution in [0.1, 0.15) is 57.2 Å². The van der Waals surface area contributed by atoms with Crippen LogP contribution in [0.4, 0.5) is 0 Å². The average Bonchev–Trinajstić information content (AvgIpc) is 3.04. The Balaban J connectivity index is 0.000000177. The molecule has 0 saturated carbocycles. The molecule has 228 valence electrons. The summed E-state index contributed by atoms with van der Waals surface area (Å²) in [4.78, 5) is 4.73.